The van der Waals surface area contributed by atoms with E-state index in [9.17, 15) is 4.79 Å². The summed E-state index contributed by atoms with van der Waals surface area (Å²) >= 11 is 0. The average Bonchev–Trinajstić information content (AvgIpc) is 3.05. The predicted octanol–water partition coefficient (Wildman–Crippen LogP) is 2.85. The number of nitrogens with zero attached hydrogens (tertiary/aromatic N) is 1. The number of nitrogens with one attached hydrogen (secondary N) is 2. The summed E-state index contributed by atoms with van der Waals surface area (Å²) in [5.41, 5.74) is 0. The molecule has 23 heavy (non-hydrogen) atoms. The molecule has 0 radical (unpaired) electrons. The number of carbonyl (C=O) groups is 1. The number of esters is 1. The monoisotopic (exact) mass is 323 g/mol. The zero-order valence-electron chi connectivity index (χ0n) is 14.3. The van der Waals surface area contributed by atoms with Crippen LogP contribution < -0.4 is 10.6 Å². The highest BCUT2D eigenvalue weighted by molar-refractivity contribution is 5.79. The van der Waals surface area contributed by atoms with E-state index < -0.39 is 0 Å². The highest BCUT2D eigenvalue weighted by Gasteiger charge is 2.01. The lowest BCUT2D eigenvalue weighted by molar-refractivity contribution is -0.143. The molecule has 2 N–H and O–H groups in total. The maximum atomic E-state index is 11.2. The van der Waals surface area contributed by atoms with Gasteiger partial charge in [-0.25, -0.2) is 4.99 Å². The van der Waals surface area contributed by atoms with Gasteiger partial charge in [0.15, 0.2) is 5.96 Å². The fourth-order valence-electron chi connectivity index (χ4n) is 2.09. The molecule has 1 aromatic rings. The standard InChI is InChI=1S/C17H29N3O3/c1-3-18-17(20-14-15-10-9-13-23-15)19-12-8-6-5-7-11-16(21)22-4-2/h9-10,13H,3-8,11-12,14H2,1-2H3,(H2,18,19,20). The maximum Gasteiger partial charge on any atom is 0.305 e. The Morgan fingerprint density at radius 3 is 2.74 bits per heavy atom. The molecule has 0 fully saturated rings. The smallest absolute Gasteiger partial charge is 0.305 e. The minimum Gasteiger partial charge on any atom is -0.467 e. The Labute approximate surface area is 138 Å². The molecule has 0 bridgehead atoms. The molecule has 0 aliphatic rings. The molecule has 0 aromatic carbocycles. The van der Waals surface area contributed by atoms with Crippen molar-refractivity contribution in [2.24, 2.45) is 4.99 Å². The van der Waals surface area contributed by atoms with Gasteiger partial charge < -0.3 is 19.8 Å². The van der Waals surface area contributed by atoms with Crippen molar-refractivity contribution in [1.82, 2.24) is 10.6 Å². The van der Waals surface area contributed by atoms with Gasteiger partial charge in [0.1, 0.15) is 12.3 Å². The highest BCUT2D eigenvalue weighted by atomic mass is 16.5. The zero-order valence-corrected chi connectivity index (χ0v) is 14.3. The summed E-state index contributed by atoms with van der Waals surface area (Å²) in [7, 11) is 0. The number of hydrogen-bond donors (Lipinski definition) is 2. The third-order valence-corrected chi connectivity index (χ3v) is 3.22. The fourth-order valence-corrected chi connectivity index (χ4v) is 2.09. The molecule has 6 heteroatoms. The van der Waals surface area contributed by atoms with Crippen molar-refractivity contribution in [2.45, 2.75) is 52.5 Å². The second-order valence-corrected chi connectivity index (χ2v) is 5.17. The lowest BCUT2D eigenvalue weighted by atomic mass is 10.1. The highest BCUT2D eigenvalue weighted by Crippen LogP contribution is 2.04. The molecule has 0 aliphatic carbocycles. The number of rotatable bonds is 11. The summed E-state index contributed by atoms with van der Waals surface area (Å²) in [4.78, 5) is 15.7. The van der Waals surface area contributed by atoms with Crippen LogP contribution in [-0.2, 0) is 16.1 Å². The molecule has 1 rings (SSSR count). The van der Waals surface area contributed by atoms with Gasteiger partial charge in [-0.1, -0.05) is 12.8 Å². The van der Waals surface area contributed by atoms with E-state index in [1.54, 1.807) is 6.26 Å². The average molecular weight is 323 g/mol. The number of furan rings is 1. The number of ether oxygens (including phenoxy) is 1. The molecule has 1 aromatic heterocycles. The fraction of sp³-hybridized carbons (Fsp3) is 0.647. The van der Waals surface area contributed by atoms with E-state index in [0.29, 0.717) is 19.6 Å². The molecule has 0 saturated heterocycles. The van der Waals surface area contributed by atoms with Gasteiger partial charge in [-0.3, -0.25) is 4.79 Å². The number of unbranched alkanes of at least 4 members (excludes halogenated alkanes) is 3. The topological polar surface area (TPSA) is 75.9 Å². The van der Waals surface area contributed by atoms with Crippen LogP contribution in [0.25, 0.3) is 0 Å². The van der Waals surface area contributed by atoms with Crippen LogP contribution in [0.15, 0.2) is 27.8 Å². The van der Waals surface area contributed by atoms with Gasteiger partial charge in [-0.2, -0.15) is 0 Å². The van der Waals surface area contributed by atoms with Crippen molar-refractivity contribution in [2.75, 3.05) is 19.7 Å². The summed E-state index contributed by atoms with van der Waals surface area (Å²) in [5, 5.41) is 6.52. The summed E-state index contributed by atoms with van der Waals surface area (Å²) in [6.45, 7) is 6.56. The molecule has 0 saturated carbocycles. The van der Waals surface area contributed by atoms with E-state index in [4.69, 9.17) is 9.15 Å². The SMILES string of the molecule is CCNC(=NCc1ccco1)NCCCCCCC(=O)OCC. The maximum absolute atomic E-state index is 11.2. The number of guanidine groups is 1. The first-order chi connectivity index (χ1) is 11.3. The van der Waals surface area contributed by atoms with Gasteiger partial charge in [-0.05, 0) is 38.8 Å². The molecular formula is C17H29N3O3. The quantitative estimate of drug-likeness (QED) is 0.283. The Morgan fingerprint density at radius 1 is 1.22 bits per heavy atom. The summed E-state index contributed by atoms with van der Waals surface area (Å²) in [6, 6.07) is 3.78. The van der Waals surface area contributed by atoms with Crippen molar-refractivity contribution in [1.29, 1.82) is 0 Å². The molecule has 6 nitrogen and oxygen atoms in total. The minimum absolute atomic E-state index is 0.0925. The van der Waals surface area contributed by atoms with Gasteiger partial charge in [0.25, 0.3) is 0 Å². The van der Waals surface area contributed by atoms with Crippen molar-refractivity contribution >= 4 is 11.9 Å². The molecular weight excluding hydrogens is 294 g/mol. The molecule has 0 spiro atoms. The summed E-state index contributed by atoms with van der Waals surface area (Å²) in [5.74, 6) is 1.56. The Hall–Kier alpha value is -1.98. The molecule has 130 valence electrons. The summed E-state index contributed by atoms with van der Waals surface area (Å²) in [6.07, 6.45) is 6.25. The van der Waals surface area contributed by atoms with Gasteiger partial charge in [0.2, 0.25) is 0 Å². The first-order valence-corrected chi connectivity index (χ1v) is 8.46. The second-order valence-electron chi connectivity index (χ2n) is 5.17. The number of aliphatic imine (C=N–C) groups is 1. The van der Waals surface area contributed by atoms with Crippen LogP contribution in [0.3, 0.4) is 0 Å². The van der Waals surface area contributed by atoms with E-state index >= 15 is 0 Å². The molecule has 1 heterocycles. The zero-order chi connectivity index (χ0) is 16.8. The van der Waals surface area contributed by atoms with Crippen molar-refractivity contribution < 1.29 is 13.9 Å². The Kier molecular flexibility index (Phi) is 10.4. The Balaban J connectivity index is 2.11. The van der Waals surface area contributed by atoms with Gasteiger partial charge >= 0.3 is 5.97 Å². The van der Waals surface area contributed by atoms with Crippen LogP contribution in [0.5, 0.6) is 0 Å². The third-order valence-electron chi connectivity index (χ3n) is 3.22. The Bertz CT molecular complexity index is 444. The lowest BCUT2D eigenvalue weighted by Crippen LogP contribution is -2.37. The number of hydrogen-bond acceptors (Lipinski definition) is 4. The molecule has 0 unspecified atom stereocenters. The van der Waals surface area contributed by atoms with Gasteiger partial charge in [0, 0.05) is 19.5 Å². The van der Waals surface area contributed by atoms with E-state index in [0.717, 1.165) is 50.5 Å². The lowest BCUT2D eigenvalue weighted by Gasteiger charge is -2.10. The molecule has 0 amide bonds. The van der Waals surface area contributed by atoms with Crippen molar-refractivity contribution in [3.63, 3.8) is 0 Å². The van der Waals surface area contributed by atoms with Crippen molar-refractivity contribution in [3.05, 3.63) is 24.2 Å². The molecule has 0 aliphatic heterocycles. The van der Waals surface area contributed by atoms with E-state index in [1.165, 1.54) is 0 Å². The van der Waals surface area contributed by atoms with Gasteiger partial charge in [0.05, 0.1) is 12.9 Å². The predicted molar refractivity (Wildman–Crippen MR) is 91.2 cm³/mol. The second kappa shape index (κ2) is 12.6. The van der Waals surface area contributed by atoms with E-state index in [-0.39, 0.29) is 5.97 Å². The van der Waals surface area contributed by atoms with Crippen LogP contribution in [0.1, 0.15) is 51.7 Å². The molecule has 0 atom stereocenters. The van der Waals surface area contributed by atoms with Crippen LogP contribution in [0, 0.1) is 0 Å². The largest absolute Gasteiger partial charge is 0.467 e. The van der Waals surface area contributed by atoms with Gasteiger partial charge in [-0.15, -0.1) is 0 Å². The van der Waals surface area contributed by atoms with Crippen molar-refractivity contribution in [3.8, 4) is 0 Å². The summed E-state index contributed by atoms with van der Waals surface area (Å²) < 4.78 is 10.2. The van der Waals surface area contributed by atoms with Crippen LogP contribution in [0.4, 0.5) is 0 Å². The van der Waals surface area contributed by atoms with Crippen LogP contribution in [-0.4, -0.2) is 31.6 Å². The van der Waals surface area contributed by atoms with Crippen LogP contribution >= 0.6 is 0 Å². The minimum atomic E-state index is -0.0925. The Morgan fingerprint density at radius 2 is 2.04 bits per heavy atom. The van der Waals surface area contributed by atoms with E-state index in [1.807, 2.05) is 26.0 Å². The van der Waals surface area contributed by atoms with E-state index in [2.05, 4.69) is 15.6 Å². The van der Waals surface area contributed by atoms with Crippen LogP contribution in [0.2, 0.25) is 0 Å². The normalized spacial score (nSPS) is 11.3. The first-order valence-electron chi connectivity index (χ1n) is 8.46. The first kappa shape index (κ1) is 19.1. The number of carbonyl (C=O) groups excluding carboxylic acids is 1. The third kappa shape index (κ3) is 9.60.